The minimum Gasteiger partial charge on any atom is -0.464 e. The standard InChI is InChI=1S/C14H18N4O2/c1-20-14(19)11-5-2-6-13-16-12(17-18(11)13)8-10-4-3-7-15-9-10/h2,5-6,10,15H,3-4,7-9H2,1H3. The second-order valence-electron chi connectivity index (χ2n) is 5.12. The smallest absolute Gasteiger partial charge is 0.356 e. The van der Waals surface area contributed by atoms with Gasteiger partial charge in [-0.2, -0.15) is 5.10 Å². The fraction of sp³-hybridized carbons (Fsp3) is 0.500. The molecule has 0 amide bonds. The summed E-state index contributed by atoms with van der Waals surface area (Å²) in [6.45, 7) is 2.11. The Bertz CT molecular complexity index is 617. The van der Waals surface area contributed by atoms with Gasteiger partial charge in [-0.15, -0.1) is 0 Å². The number of esters is 1. The van der Waals surface area contributed by atoms with E-state index in [4.69, 9.17) is 4.74 Å². The average molecular weight is 274 g/mol. The first-order valence-electron chi connectivity index (χ1n) is 6.91. The first kappa shape index (κ1) is 13.1. The fourth-order valence-corrected chi connectivity index (χ4v) is 2.65. The van der Waals surface area contributed by atoms with Crippen LogP contribution >= 0.6 is 0 Å². The van der Waals surface area contributed by atoms with Gasteiger partial charge < -0.3 is 10.1 Å². The predicted molar refractivity (Wildman–Crippen MR) is 73.6 cm³/mol. The van der Waals surface area contributed by atoms with Gasteiger partial charge in [0, 0.05) is 6.42 Å². The monoisotopic (exact) mass is 274 g/mol. The Morgan fingerprint density at radius 2 is 2.45 bits per heavy atom. The molecule has 106 valence electrons. The molecule has 2 aromatic heterocycles. The van der Waals surface area contributed by atoms with Gasteiger partial charge in [-0.05, 0) is 44.0 Å². The zero-order valence-corrected chi connectivity index (χ0v) is 11.5. The zero-order valence-electron chi connectivity index (χ0n) is 11.5. The predicted octanol–water partition coefficient (Wildman–Crippen LogP) is 1.06. The maximum atomic E-state index is 11.7. The van der Waals surface area contributed by atoms with E-state index in [0.717, 1.165) is 25.3 Å². The van der Waals surface area contributed by atoms with Crippen LogP contribution in [-0.4, -0.2) is 40.8 Å². The number of rotatable bonds is 3. The summed E-state index contributed by atoms with van der Waals surface area (Å²) in [7, 11) is 1.37. The number of nitrogens with one attached hydrogen (secondary N) is 1. The normalized spacial score (nSPS) is 19.1. The number of hydrogen-bond donors (Lipinski definition) is 1. The average Bonchev–Trinajstić information content (AvgIpc) is 2.89. The highest BCUT2D eigenvalue weighted by molar-refractivity contribution is 5.88. The van der Waals surface area contributed by atoms with E-state index in [-0.39, 0.29) is 0 Å². The van der Waals surface area contributed by atoms with E-state index in [1.54, 1.807) is 16.6 Å². The molecule has 3 rings (SSSR count). The number of ether oxygens (including phenoxy) is 1. The van der Waals surface area contributed by atoms with Crippen molar-refractivity contribution in [3.05, 3.63) is 29.7 Å². The molecule has 0 aromatic carbocycles. The van der Waals surface area contributed by atoms with Gasteiger partial charge in [-0.1, -0.05) is 6.07 Å². The highest BCUT2D eigenvalue weighted by atomic mass is 16.5. The highest BCUT2D eigenvalue weighted by Gasteiger charge is 2.18. The van der Waals surface area contributed by atoms with Crippen molar-refractivity contribution in [2.24, 2.45) is 5.92 Å². The van der Waals surface area contributed by atoms with Crippen LogP contribution in [0.1, 0.15) is 29.2 Å². The van der Waals surface area contributed by atoms with E-state index < -0.39 is 5.97 Å². The Morgan fingerprint density at radius 3 is 3.20 bits per heavy atom. The summed E-state index contributed by atoms with van der Waals surface area (Å²) in [6, 6.07) is 5.34. The van der Waals surface area contributed by atoms with E-state index in [2.05, 4.69) is 15.4 Å². The van der Waals surface area contributed by atoms with Crippen molar-refractivity contribution in [3.63, 3.8) is 0 Å². The summed E-state index contributed by atoms with van der Waals surface area (Å²) in [5, 5.41) is 7.84. The van der Waals surface area contributed by atoms with Crippen LogP contribution in [0.3, 0.4) is 0 Å². The topological polar surface area (TPSA) is 68.5 Å². The van der Waals surface area contributed by atoms with Crippen LogP contribution in [0.5, 0.6) is 0 Å². The van der Waals surface area contributed by atoms with Gasteiger partial charge >= 0.3 is 5.97 Å². The first-order chi connectivity index (χ1) is 9.78. The SMILES string of the molecule is COC(=O)c1cccc2nc(CC3CCCNC3)nn12. The Balaban J connectivity index is 1.88. The van der Waals surface area contributed by atoms with Crippen molar-refractivity contribution in [2.45, 2.75) is 19.3 Å². The van der Waals surface area contributed by atoms with Crippen LogP contribution in [0.25, 0.3) is 5.65 Å². The number of nitrogens with zero attached hydrogens (tertiary/aromatic N) is 3. The van der Waals surface area contributed by atoms with Crippen LogP contribution in [0.4, 0.5) is 0 Å². The number of aromatic nitrogens is 3. The molecule has 1 aliphatic heterocycles. The van der Waals surface area contributed by atoms with Gasteiger partial charge in [0.25, 0.3) is 0 Å². The molecular formula is C14H18N4O2. The first-order valence-corrected chi connectivity index (χ1v) is 6.91. The molecule has 1 unspecified atom stereocenters. The molecule has 6 heteroatoms. The number of piperidine rings is 1. The number of fused-ring (bicyclic) bond motifs is 1. The molecule has 1 atom stereocenters. The van der Waals surface area contributed by atoms with E-state index >= 15 is 0 Å². The van der Waals surface area contributed by atoms with Crippen LogP contribution in [0.2, 0.25) is 0 Å². The van der Waals surface area contributed by atoms with Gasteiger partial charge in [0.15, 0.2) is 17.2 Å². The quantitative estimate of drug-likeness (QED) is 0.848. The molecule has 0 aliphatic carbocycles. The van der Waals surface area contributed by atoms with Crippen molar-refractivity contribution in [3.8, 4) is 0 Å². The molecule has 1 aliphatic rings. The Hall–Kier alpha value is -1.95. The largest absolute Gasteiger partial charge is 0.464 e. The van der Waals surface area contributed by atoms with Gasteiger partial charge in [0.2, 0.25) is 0 Å². The summed E-state index contributed by atoms with van der Waals surface area (Å²) in [4.78, 5) is 16.2. The number of pyridine rings is 1. The van der Waals surface area contributed by atoms with Crippen molar-refractivity contribution in [2.75, 3.05) is 20.2 Å². The second kappa shape index (κ2) is 5.58. The molecule has 3 heterocycles. The number of hydrogen-bond acceptors (Lipinski definition) is 5. The summed E-state index contributed by atoms with van der Waals surface area (Å²) in [5.41, 5.74) is 1.09. The number of carbonyl (C=O) groups is 1. The maximum absolute atomic E-state index is 11.7. The third-order valence-electron chi connectivity index (χ3n) is 3.67. The van der Waals surface area contributed by atoms with E-state index in [9.17, 15) is 4.79 Å². The minimum atomic E-state index is -0.397. The minimum absolute atomic E-state index is 0.397. The third-order valence-corrected chi connectivity index (χ3v) is 3.67. The van der Waals surface area contributed by atoms with E-state index in [1.165, 1.54) is 20.0 Å². The number of methoxy groups -OCH3 is 1. The lowest BCUT2D eigenvalue weighted by Crippen LogP contribution is -2.31. The number of carbonyl (C=O) groups excluding carboxylic acids is 1. The molecule has 6 nitrogen and oxygen atoms in total. The molecule has 1 N–H and O–H groups in total. The van der Waals surface area contributed by atoms with Crippen LogP contribution in [-0.2, 0) is 11.2 Å². The van der Waals surface area contributed by atoms with Gasteiger partial charge in [-0.25, -0.2) is 14.3 Å². The van der Waals surface area contributed by atoms with Crippen LogP contribution in [0.15, 0.2) is 18.2 Å². The summed E-state index contributed by atoms with van der Waals surface area (Å²) in [6.07, 6.45) is 3.24. The summed E-state index contributed by atoms with van der Waals surface area (Å²) < 4.78 is 6.33. The molecule has 2 aromatic rings. The van der Waals surface area contributed by atoms with Crippen LogP contribution < -0.4 is 5.32 Å². The zero-order chi connectivity index (χ0) is 13.9. The molecule has 20 heavy (non-hydrogen) atoms. The van der Waals surface area contributed by atoms with E-state index in [0.29, 0.717) is 17.3 Å². The molecular weight excluding hydrogens is 256 g/mol. The van der Waals surface area contributed by atoms with Crippen LogP contribution in [0, 0.1) is 5.92 Å². The highest BCUT2D eigenvalue weighted by Crippen LogP contribution is 2.15. The molecule has 0 saturated carbocycles. The van der Waals surface area contributed by atoms with Crippen molar-refractivity contribution < 1.29 is 9.53 Å². The Kier molecular flexibility index (Phi) is 3.64. The third kappa shape index (κ3) is 2.51. The van der Waals surface area contributed by atoms with Gasteiger partial charge in [0.1, 0.15) is 0 Å². The maximum Gasteiger partial charge on any atom is 0.356 e. The molecule has 1 fully saturated rings. The lowest BCUT2D eigenvalue weighted by Gasteiger charge is -2.21. The van der Waals surface area contributed by atoms with Crippen molar-refractivity contribution in [1.82, 2.24) is 19.9 Å². The lowest BCUT2D eigenvalue weighted by molar-refractivity contribution is 0.0591. The summed E-state index contributed by atoms with van der Waals surface area (Å²) >= 11 is 0. The second-order valence-corrected chi connectivity index (χ2v) is 5.12. The Labute approximate surface area is 117 Å². The lowest BCUT2D eigenvalue weighted by atomic mass is 9.96. The van der Waals surface area contributed by atoms with Gasteiger partial charge in [0.05, 0.1) is 7.11 Å². The van der Waals surface area contributed by atoms with E-state index in [1.807, 2.05) is 6.07 Å². The molecule has 1 saturated heterocycles. The molecule has 0 radical (unpaired) electrons. The molecule has 0 bridgehead atoms. The van der Waals surface area contributed by atoms with Crippen molar-refractivity contribution in [1.29, 1.82) is 0 Å². The van der Waals surface area contributed by atoms with Gasteiger partial charge in [-0.3, -0.25) is 0 Å². The van der Waals surface area contributed by atoms with Crippen molar-refractivity contribution >= 4 is 11.6 Å². The molecule has 0 spiro atoms. The fourth-order valence-electron chi connectivity index (χ4n) is 2.65. The Morgan fingerprint density at radius 1 is 1.55 bits per heavy atom. The summed E-state index contributed by atoms with van der Waals surface area (Å²) in [5.74, 6) is 0.962.